The molecule has 1 aromatic carbocycles. The summed E-state index contributed by atoms with van der Waals surface area (Å²) < 4.78 is 39.3. The van der Waals surface area contributed by atoms with E-state index in [0.717, 1.165) is 35.7 Å². The van der Waals surface area contributed by atoms with Crippen LogP contribution in [0.1, 0.15) is 33.0 Å². The number of rotatable bonds is 3. The van der Waals surface area contributed by atoms with Gasteiger partial charge in [0.25, 0.3) is 11.9 Å². The van der Waals surface area contributed by atoms with E-state index in [9.17, 15) is 18.0 Å². The molecule has 6 nitrogen and oxygen atoms in total. The van der Waals surface area contributed by atoms with Crippen molar-refractivity contribution in [3.05, 3.63) is 64.6 Å². The Bertz CT molecular complexity index is 973. The van der Waals surface area contributed by atoms with E-state index in [1.54, 1.807) is 19.1 Å². The molecule has 1 amide bonds. The molecule has 3 aromatic rings. The maximum atomic E-state index is 12.7. The van der Waals surface area contributed by atoms with Crippen LogP contribution in [0.3, 0.4) is 0 Å². The average Bonchev–Trinajstić information content (AvgIpc) is 2.93. The molecule has 0 fully saturated rings. The Labute approximate surface area is 153 Å². The van der Waals surface area contributed by atoms with E-state index in [0.29, 0.717) is 17.5 Å². The van der Waals surface area contributed by atoms with Crippen LogP contribution < -0.4 is 5.32 Å². The van der Waals surface area contributed by atoms with Gasteiger partial charge in [-0.2, -0.15) is 23.0 Å². The van der Waals surface area contributed by atoms with E-state index in [4.69, 9.17) is 0 Å². The second-order valence-electron chi connectivity index (χ2n) is 6.06. The van der Waals surface area contributed by atoms with E-state index in [-0.39, 0.29) is 5.56 Å². The second kappa shape index (κ2) is 6.82. The van der Waals surface area contributed by atoms with Crippen LogP contribution in [0, 0.1) is 20.8 Å². The molecule has 0 spiro atoms. The lowest BCUT2D eigenvalue weighted by atomic mass is 10.1. The van der Waals surface area contributed by atoms with Crippen molar-refractivity contribution in [1.82, 2.24) is 19.7 Å². The number of aromatic nitrogens is 4. The lowest BCUT2D eigenvalue weighted by Crippen LogP contribution is -2.17. The van der Waals surface area contributed by atoms with Crippen molar-refractivity contribution in [2.75, 3.05) is 5.32 Å². The van der Waals surface area contributed by atoms with Gasteiger partial charge in [-0.15, -0.1) is 0 Å². The molecule has 0 saturated heterocycles. The van der Waals surface area contributed by atoms with Crippen molar-refractivity contribution in [1.29, 1.82) is 0 Å². The smallest absolute Gasteiger partial charge is 0.306 e. The molecular formula is C18H16F3N5O. The average molecular weight is 375 g/mol. The number of nitrogens with zero attached hydrogens (tertiary/aromatic N) is 4. The third-order valence-electron chi connectivity index (χ3n) is 3.71. The van der Waals surface area contributed by atoms with E-state index >= 15 is 0 Å². The first kappa shape index (κ1) is 18.6. The highest BCUT2D eigenvalue weighted by Crippen LogP contribution is 2.29. The third-order valence-corrected chi connectivity index (χ3v) is 3.71. The standard InChI is InChI=1S/C18H16F3N5O/c1-10-8-11(2)23-17(22-10)26-15(9-12(3)25-26)24-16(27)13-4-6-14(7-5-13)18(19,20)21/h4-9H,1-3H3,(H,24,27). The first-order valence-corrected chi connectivity index (χ1v) is 8.01. The molecule has 0 unspecified atom stereocenters. The third kappa shape index (κ3) is 4.13. The number of anilines is 1. The molecule has 2 aromatic heterocycles. The molecule has 140 valence electrons. The molecule has 0 atom stereocenters. The summed E-state index contributed by atoms with van der Waals surface area (Å²) in [5, 5.41) is 6.93. The zero-order valence-electron chi connectivity index (χ0n) is 14.8. The maximum absolute atomic E-state index is 12.7. The van der Waals surface area contributed by atoms with E-state index in [1.807, 2.05) is 13.8 Å². The molecule has 0 saturated carbocycles. The molecule has 0 aliphatic carbocycles. The second-order valence-corrected chi connectivity index (χ2v) is 6.06. The highest BCUT2D eigenvalue weighted by Gasteiger charge is 2.30. The first-order valence-electron chi connectivity index (χ1n) is 8.01. The summed E-state index contributed by atoms with van der Waals surface area (Å²) in [5.74, 6) is 0.0555. The van der Waals surface area contributed by atoms with Gasteiger partial charge in [-0.25, -0.2) is 9.97 Å². The SMILES string of the molecule is Cc1cc(C)nc(-n2nc(C)cc2NC(=O)c2ccc(C(F)(F)F)cc2)n1. The van der Waals surface area contributed by atoms with Crippen LogP contribution in [0.5, 0.6) is 0 Å². The Morgan fingerprint density at radius 3 is 2.11 bits per heavy atom. The predicted molar refractivity (Wildman–Crippen MR) is 92.8 cm³/mol. The lowest BCUT2D eigenvalue weighted by molar-refractivity contribution is -0.137. The minimum atomic E-state index is -4.45. The Morgan fingerprint density at radius 1 is 0.963 bits per heavy atom. The molecule has 0 radical (unpaired) electrons. The Kier molecular flexibility index (Phi) is 4.69. The summed E-state index contributed by atoms with van der Waals surface area (Å²) in [6.07, 6.45) is -4.45. The van der Waals surface area contributed by atoms with Crippen molar-refractivity contribution in [2.45, 2.75) is 26.9 Å². The number of nitrogens with one attached hydrogen (secondary N) is 1. The first-order chi connectivity index (χ1) is 12.6. The minimum Gasteiger partial charge on any atom is -0.306 e. The molecular weight excluding hydrogens is 359 g/mol. The molecule has 1 N–H and O–H groups in total. The lowest BCUT2D eigenvalue weighted by Gasteiger charge is -2.10. The van der Waals surface area contributed by atoms with Crippen molar-refractivity contribution >= 4 is 11.7 Å². The van der Waals surface area contributed by atoms with Gasteiger partial charge >= 0.3 is 6.18 Å². The highest BCUT2D eigenvalue weighted by atomic mass is 19.4. The molecule has 27 heavy (non-hydrogen) atoms. The predicted octanol–water partition coefficient (Wildman–Crippen LogP) is 3.86. The van der Waals surface area contributed by atoms with Crippen molar-refractivity contribution < 1.29 is 18.0 Å². The van der Waals surface area contributed by atoms with E-state index in [1.165, 1.54) is 4.68 Å². The van der Waals surface area contributed by atoms with Gasteiger partial charge in [0.05, 0.1) is 11.3 Å². The fraction of sp³-hybridized carbons (Fsp3) is 0.222. The highest BCUT2D eigenvalue weighted by molar-refractivity contribution is 6.04. The van der Waals surface area contributed by atoms with Gasteiger partial charge in [-0.3, -0.25) is 4.79 Å². The number of carbonyl (C=O) groups is 1. The minimum absolute atomic E-state index is 0.0924. The Balaban J connectivity index is 1.89. The molecule has 9 heteroatoms. The number of hydrogen-bond acceptors (Lipinski definition) is 4. The summed E-state index contributed by atoms with van der Waals surface area (Å²) in [7, 11) is 0. The summed E-state index contributed by atoms with van der Waals surface area (Å²) in [5.41, 5.74) is 1.38. The number of hydrogen-bond donors (Lipinski definition) is 1. The van der Waals surface area contributed by atoms with Gasteiger partial charge < -0.3 is 5.32 Å². The van der Waals surface area contributed by atoms with E-state index in [2.05, 4.69) is 20.4 Å². The number of carbonyl (C=O) groups excluding carboxylic acids is 1. The molecule has 0 aliphatic heterocycles. The molecule has 0 bridgehead atoms. The monoisotopic (exact) mass is 375 g/mol. The van der Waals surface area contributed by atoms with E-state index < -0.39 is 17.6 Å². The summed E-state index contributed by atoms with van der Waals surface area (Å²) in [6, 6.07) is 7.41. The van der Waals surface area contributed by atoms with Crippen LogP contribution in [0.15, 0.2) is 36.4 Å². The van der Waals surface area contributed by atoms with Gasteiger partial charge in [0.2, 0.25) is 0 Å². The van der Waals surface area contributed by atoms with Gasteiger partial charge in [0.1, 0.15) is 5.82 Å². The number of aryl methyl sites for hydroxylation is 3. The van der Waals surface area contributed by atoms with Gasteiger partial charge in [-0.05, 0) is 51.1 Å². The van der Waals surface area contributed by atoms with Crippen molar-refractivity contribution in [2.24, 2.45) is 0 Å². The summed E-state index contributed by atoms with van der Waals surface area (Å²) in [4.78, 5) is 21.0. The number of benzene rings is 1. The number of halogens is 3. The van der Waals surface area contributed by atoms with Gasteiger partial charge in [-0.1, -0.05) is 0 Å². The van der Waals surface area contributed by atoms with Crippen LogP contribution in [0.4, 0.5) is 19.0 Å². The normalized spacial score (nSPS) is 11.5. The van der Waals surface area contributed by atoms with Gasteiger partial charge in [0, 0.05) is 23.0 Å². The Morgan fingerprint density at radius 2 is 1.56 bits per heavy atom. The summed E-state index contributed by atoms with van der Waals surface area (Å²) >= 11 is 0. The van der Waals surface area contributed by atoms with Crippen LogP contribution in [-0.4, -0.2) is 25.7 Å². The van der Waals surface area contributed by atoms with Crippen LogP contribution in [0.2, 0.25) is 0 Å². The number of alkyl halides is 3. The summed E-state index contributed by atoms with van der Waals surface area (Å²) in [6.45, 7) is 5.37. The zero-order valence-corrected chi connectivity index (χ0v) is 14.8. The van der Waals surface area contributed by atoms with Crippen molar-refractivity contribution in [3.8, 4) is 5.95 Å². The van der Waals surface area contributed by atoms with Gasteiger partial charge in [0.15, 0.2) is 0 Å². The molecule has 0 aliphatic rings. The van der Waals surface area contributed by atoms with Crippen LogP contribution >= 0.6 is 0 Å². The fourth-order valence-corrected chi connectivity index (χ4v) is 2.54. The zero-order chi connectivity index (χ0) is 19.8. The van der Waals surface area contributed by atoms with Crippen LogP contribution in [-0.2, 0) is 6.18 Å². The molecule has 3 rings (SSSR count). The number of amides is 1. The quantitative estimate of drug-likeness (QED) is 0.755. The maximum Gasteiger partial charge on any atom is 0.416 e. The van der Waals surface area contributed by atoms with Crippen LogP contribution in [0.25, 0.3) is 5.95 Å². The Hall–Kier alpha value is -3.23. The molecule has 2 heterocycles. The fourth-order valence-electron chi connectivity index (χ4n) is 2.54. The largest absolute Gasteiger partial charge is 0.416 e. The topological polar surface area (TPSA) is 72.7 Å². The van der Waals surface area contributed by atoms with Crippen molar-refractivity contribution in [3.63, 3.8) is 0 Å².